The van der Waals surface area contributed by atoms with Crippen LogP contribution in [0.1, 0.15) is 36.8 Å². The molecule has 184 valence electrons. The molecule has 0 saturated heterocycles. The summed E-state index contributed by atoms with van der Waals surface area (Å²) in [4.78, 5) is 4.52. The van der Waals surface area contributed by atoms with Crippen molar-refractivity contribution in [3.05, 3.63) is 84.2 Å². The zero-order valence-corrected chi connectivity index (χ0v) is 19.8. The molecular weight excluding hydrogens is 457 g/mol. The molecule has 0 radical (unpaired) electrons. The quantitative estimate of drug-likeness (QED) is 0.344. The van der Waals surface area contributed by atoms with Gasteiger partial charge in [-0.25, -0.2) is 13.9 Å². The highest BCUT2D eigenvalue weighted by atomic mass is 19.1. The van der Waals surface area contributed by atoms with Crippen molar-refractivity contribution in [3.63, 3.8) is 0 Å². The summed E-state index contributed by atoms with van der Waals surface area (Å²) in [7, 11) is 0. The number of benzene rings is 2. The van der Waals surface area contributed by atoms with E-state index in [1.165, 1.54) is 18.5 Å². The van der Waals surface area contributed by atoms with E-state index in [1.807, 2.05) is 51.9 Å². The van der Waals surface area contributed by atoms with Gasteiger partial charge >= 0.3 is 0 Å². The van der Waals surface area contributed by atoms with Gasteiger partial charge in [-0.3, -0.25) is 4.68 Å². The van der Waals surface area contributed by atoms with Crippen LogP contribution in [0, 0.1) is 5.82 Å². The number of anilines is 2. The van der Waals surface area contributed by atoms with Crippen LogP contribution in [0.2, 0.25) is 0 Å². The van der Waals surface area contributed by atoms with Crippen molar-refractivity contribution in [2.24, 2.45) is 5.73 Å². The van der Waals surface area contributed by atoms with Crippen molar-refractivity contribution in [2.75, 3.05) is 5.32 Å². The third kappa shape index (κ3) is 4.67. The van der Waals surface area contributed by atoms with Crippen molar-refractivity contribution in [3.8, 4) is 0 Å². The molecule has 9 heteroatoms. The van der Waals surface area contributed by atoms with Gasteiger partial charge in [0.05, 0.1) is 31.0 Å². The maximum absolute atomic E-state index is 13.6. The summed E-state index contributed by atoms with van der Waals surface area (Å²) in [5.74, 6) is 0.468. The van der Waals surface area contributed by atoms with Crippen LogP contribution in [-0.2, 0) is 17.9 Å². The van der Waals surface area contributed by atoms with Gasteiger partial charge in [0.15, 0.2) is 5.82 Å². The minimum atomic E-state index is -0.246. The summed E-state index contributed by atoms with van der Waals surface area (Å²) in [6.45, 7) is 1.01. The van der Waals surface area contributed by atoms with Crippen LogP contribution < -0.4 is 11.1 Å². The Morgan fingerprint density at radius 1 is 1.06 bits per heavy atom. The molecule has 1 fully saturated rings. The lowest BCUT2D eigenvalue weighted by Crippen LogP contribution is -2.30. The van der Waals surface area contributed by atoms with Crippen molar-refractivity contribution >= 4 is 27.9 Å². The Morgan fingerprint density at radius 3 is 2.81 bits per heavy atom. The summed E-state index contributed by atoms with van der Waals surface area (Å²) >= 11 is 0. The number of nitrogens with one attached hydrogen (secondary N) is 1. The molecule has 0 bridgehead atoms. The molecular formula is C27H28FN7O. The Bertz CT molecular complexity index is 1500. The van der Waals surface area contributed by atoms with E-state index >= 15 is 0 Å². The van der Waals surface area contributed by atoms with Crippen LogP contribution in [0.4, 0.5) is 15.9 Å². The summed E-state index contributed by atoms with van der Waals surface area (Å²) in [6.07, 6.45) is 9.56. The maximum Gasteiger partial charge on any atom is 0.158 e. The van der Waals surface area contributed by atoms with E-state index in [1.54, 1.807) is 6.07 Å². The molecule has 3 aromatic heterocycles. The second-order valence-electron chi connectivity index (χ2n) is 9.42. The van der Waals surface area contributed by atoms with E-state index in [0.717, 1.165) is 58.9 Å². The molecule has 2 aromatic carbocycles. The zero-order valence-electron chi connectivity index (χ0n) is 19.8. The number of hydrogen-bond donors (Lipinski definition) is 2. The number of hydrogen-bond acceptors (Lipinski definition) is 6. The van der Waals surface area contributed by atoms with Crippen molar-refractivity contribution in [1.29, 1.82) is 0 Å². The first-order valence-electron chi connectivity index (χ1n) is 12.3. The van der Waals surface area contributed by atoms with Gasteiger partial charge in [-0.05, 0) is 67.6 Å². The topological polar surface area (TPSA) is 95.3 Å². The summed E-state index contributed by atoms with van der Waals surface area (Å²) in [6, 6.07) is 15.0. The smallest absolute Gasteiger partial charge is 0.158 e. The first-order chi connectivity index (χ1) is 17.6. The molecule has 5 aromatic rings. The van der Waals surface area contributed by atoms with Crippen molar-refractivity contribution in [1.82, 2.24) is 24.4 Å². The van der Waals surface area contributed by atoms with Gasteiger partial charge in [0.2, 0.25) is 0 Å². The second-order valence-corrected chi connectivity index (χ2v) is 9.42. The fourth-order valence-corrected chi connectivity index (χ4v) is 4.92. The fraction of sp³-hybridized carbons (Fsp3) is 0.296. The highest BCUT2D eigenvalue weighted by Gasteiger charge is 2.20. The van der Waals surface area contributed by atoms with Crippen LogP contribution in [0.5, 0.6) is 0 Å². The molecule has 8 nitrogen and oxygen atoms in total. The normalized spacial score (nSPS) is 18.2. The molecule has 1 aliphatic carbocycles. The lowest BCUT2D eigenvalue weighted by Gasteiger charge is -2.26. The molecule has 0 atom stereocenters. The summed E-state index contributed by atoms with van der Waals surface area (Å²) in [5, 5.41) is 13.3. The fourth-order valence-electron chi connectivity index (χ4n) is 4.92. The molecule has 0 amide bonds. The third-order valence-corrected chi connectivity index (χ3v) is 6.86. The number of nitrogens with zero attached hydrogens (tertiary/aromatic N) is 5. The van der Waals surface area contributed by atoms with Crippen LogP contribution >= 0.6 is 0 Å². The largest absolute Gasteiger partial charge is 0.373 e. The minimum absolute atomic E-state index is 0.243. The SMILES string of the molecule is N[C@H]1CC[C@H](OCc2ccn3ncnc(Nc4ccc5c(cnn5Cc5cccc(F)c5)c4)c23)CC1. The Labute approximate surface area is 207 Å². The van der Waals surface area contributed by atoms with Crippen molar-refractivity contribution < 1.29 is 9.13 Å². The molecule has 0 unspecified atom stereocenters. The number of rotatable bonds is 7. The standard InChI is InChI=1S/C27H28FN7O/c28-21-3-1-2-18(12-21)15-35-25-9-6-23(13-20(25)14-31-35)33-27-26-19(10-11-34(26)32-17-30-27)16-36-24-7-4-22(29)5-8-24/h1-3,6,9-14,17,22,24H,4-5,7-8,15-16,29H2,(H,30,32,33)/t22-,24-. The predicted octanol–water partition coefficient (Wildman–Crippen LogP) is 4.80. The van der Waals surface area contributed by atoms with Gasteiger partial charge in [0.25, 0.3) is 0 Å². The van der Waals surface area contributed by atoms with Gasteiger partial charge in [-0.2, -0.15) is 10.2 Å². The van der Waals surface area contributed by atoms with Gasteiger partial charge < -0.3 is 15.8 Å². The van der Waals surface area contributed by atoms with Gasteiger partial charge in [-0.1, -0.05) is 12.1 Å². The Hall–Kier alpha value is -3.82. The number of ether oxygens (including phenoxy) is 1. The number of fused-ring (bicyclic) bond motifs is 2. The minimum Gasteiger partial charge on any atom is -0.373 e. The average Bonchev–Trinajstić information content (AvgIpc) is 3.48. The molecule has 0 aliphatic heterocycles. The lowest BCUT2D eigenvalue weighted by molar-refractivity contribution is 0.0143. The molecule has 3 heterocycles. The van der Waals surface area contributed by atoms with E-state index < -0.39 is 0 Å². The average molecular weight is 486 g/mol. The molecule has 6 rings (SSSR count). The van der Waals surface area contributed by atoms with E-state index in [9.17, 15) is 4.39 Å². The molecule has 0 spiro atoms. The van der Waals surface area contributed by atoms with E-state index in [-0.39, 0.29) is 11.9 Å². The highest BCUT2D eigenvalue weighted by Crippen LogP contribution is 2.28. The highest BCUT2D eigenvalue weighted by molar-refractivity contribution is 5.85. The van der Waals surface area contributed by atoms with E-state index in [4.69, 9.17) is 10.5 Å². The predicted molar refractivity (Wildman–Crippen MR) is 137 cm³/mol. The van der Waals surface area contributed by atoms with Gasteiger partial charge in [-0.15, -0.1) is 0 Å². The zero-order chi connectivity index (χ0) is 24.5. The summed E-state index contributed by atoms with van der Waals surface area (Å²) in [5.41, 5.74) is 10.7. The number of nitrogens with two attached hydrogens (primary N) is 1. The van der Waals surface area contributed by atoms with Crippen molar-refractivity contribution in [2.45, 2.75) is 51.0 Å². The number of halogens is 1. The maximum atomic E-state index is 13.6. The van der Waals surface area contributed by atoms with Crippen LogP contribution in [0.3, 0.4) is 0 Å². The van der Waals surface area contributed by atoms with Gasteiger partial charge in [0, 0.05) is 28.9 Å². The molecule has 36 heavy (non-hydrogen) atoms. The van der Waals surface area contributed by atoms with E-state index in [0.29, 0.717) is 25.0 Å². The first-order valence-corrected chi connectivity index (χ1v) is 12.3. The van der Waals surface area contributed by atoms with Crippen LogP contribution in [0.15, 0.2) is 67.3 Å². The Morgan fingerprint density at radius 2 is 1.94 bits per heavy atom. The molecule has 1 aliphatic rings. The van der Waals surface area contributed by atoms with E-state index in [2.05, 4.69) is 20.5 Å². The van der Waals surface area contributed by atoms with Gasteiger partial charge in [0.1, 0.15) is 17.7 Å². The second kappa shape index (κ2) is 9.67. The lowest BCUT2D eigenvalue weighted by atomic mass is 9.94. The molecule has 1 saturated carbocycles. The monoisotopic (exact) mass is 485 g/mol. The Balaban J connectivity index is 1.21. The van der Waals surface area contributed by atoms with Crippen LogP contribution in [-0.4, -0.2) is 36.5 Å². The first kappa shape index (κ1) is 22.6. The third-order valence-electron chi connectivity index (χ3n) is 6.86. The van der Waals surface area contributed by atoms with Crippen LogP contribution in [0.25, 0.3) is 16.4 Å². The number of aromatic nitrogens is 5. The summed E-state index contributed by atoms with van der Waals surface area (Å²) < 4.78 is 23.5. The Kier molecular flexibility index (Phi) is 6.08. The molecule has 3 N–H and O–H groups in total.